The first-order chi connectivity index (χ1) is 19.7. The number of allylic oxidation sites excluding steroid dienone is 4. The SMILES string of the molecule is [C-]1=CC=CC1.[Cl-].[Cl-].[Zr+2]=[C]1CCCCCC1.[c-]1cc(Cc2ccccc2)cc2c1Cc1ccc(Cc3ccccc3)cc1-2. The van der Waals surface area contributed by atoms with Gasteiger partial charge in [-0.05, 0) is 30.4 Å². The predicted octanol–water partition coefficient (Wildman–Crippen LogP) is 3.61. The zero-order chi connectivity index (χ0) is 27.4. The van der Waals surface area contributed by atoms with E-state index in [1.165, 1.54) is 83.0 Å². The van der Waals surface area contributed by atoms with Crippen molar-refractivity contribution in [1.29, 1.82) is 0 Å². The largest absolute Gasteiger partial charge is 0.179 e. The first kappa shape index (κ1) is 34.2. The molecular weight excluding hydrogens is 631 g/mol. The second-order valence-corrected chi connectivity index (χ2v) is 12.7. The van der Waals surface area contributed by atoms with Crippen molar-refractivity contribution in [2.75, 3.05) is 0 Å². The maximum absolute atomic E-state index is 3.55. The summed E-state index contributed by atoms with van der Waals surface area (Å²) in [5.41, 5.74) is 10.9. The Balaban J connectivity index is 0.000000268. The minimum atomic E-state index is 0. The molecule has 0 bridgehead atoms. The Hall–Kier alpha value is -2.31. The van der Waals surface area contributed by atoms with Crippen LogP contribution in [0.1, 0.15) is 78.3 Å². The summed E-state index contributed by atoms with van der Waals surface area (Å²) < 4.78 is 1.81. The summed E-state index contributed by atoms with van der Waals surface area (Å²) in [5, 5.41) is 0. The molecule has 0 nitrogen and oxygen atoms in total. The fourth-order valence-corrected chi connectivity index (χ4v) is 6.42. The number of fused-ring (bicyclic) bond motifs is 3. The first-order valence-electron chi connectivity index (χ1n) is 14.8. The molecule has 4 aromatic rings. The summed E-state index contributed by atoms with van der Waals surface area (Å²) in [4.78, 5) is 0. The summed E-state index contributed by atoms with van der Waals surface area (Å²) in [7, 11) is 0. The minimum Gasteiger partial charge on any atom is -0.179 e. The maximum atomic E-state index is 3.55. The fourth-order valence-electron chi connectivity index (χ4n) is 5.55. The summed E-state index contributed by atoms with van der Waals surface area (Å²) in [5.74, 6) is 0. The van der Waals surface area contributed by atoms with E-state index < -0.39 is 0 Å². The van der Waals surface area contributed by atoms with Gasteiger partial charge in [0.1, 0.15) is 0 Å². The van der Waals surface area contributed by atoms with E-state index in [1.54, 1.807) is 24.2 Å². The molecule has 4 aromatic carbocycles. The third-order valence-electron chi connectivity index (χ3n) is 7.71. The molecule has 0 saturated heterocycles. The van der Waals surface area contributed by atoms with Gasteiger partial charge in [-0.1, -0.05) is 95.6 Å². The van der Waals surface area contributed by atoms with Gasteiger partial charge in [0, 0.05) is 0 Å². The van der Waals surface area contributed by atoms with E-state index in [0.717, 1.165) is 25.7 Å². The number of rotatable bonds is 4. The zero-order valence-electron chi connectivity index (χ0n) is 24.2. The van der Waals surface area contributed by atoms with Crippen molar-refractivity contribution in [3.05, 3.63) is 155 Å². The van der Waals surface area contributed by atoms with Crippen molar-refractivity contribution in [3.8, 4) is 11.1 Å². The van der Waals surface area contributed by atoms with Gasteiger partial charge in [-0.3, -0.25) is 6.08 Å². The minimum absolute atomic E-state index is 0. The maximum Gasteiger partial charge on any atom is -0.00259 e. The molecule has 3 aliphatic carbocycles. The average Bonchev–Trinajstić information content (AvgIpc) is 3.63. The molecule has 42 heavy (non-hydrogen) atoms. The number of hydrogen-bond acceptors (Lipinski definition) is 0. The molecule has 3 heteroatoms. The van der Waals surface area contributed by atoms with Crippen molar-refractivity contribution < 1.29 is 49.0 Å². The molecule has 0 amide bonds. The average molecular weight is 669 g/mol. The van der Waals surface area contributed by atoms with E-state index in [0.29, 0.717) is 0 Å². The first-order valence-corrected chi connectivity index (χ1v) is 16.0. The van der Waals surface area contributed by atoms with Gasteiger partial charge in [-0.15, -0.1) is 12.0 Å². The second kappa shape index (κ2) is 18.4. The molecule has 0 N–H and O–H groups in total. The molecule has 0 aliphatic heterocycles. The topological polar surface area (TPSA) is 0 Å². The van der Waals surface area contributed by atoms with E-state index in [9.17, 15) is 0 Å². The molecule has 1 fully saturated rings. The summed E-state index contributed by atoms with van der Waals surface area (Å²) in [6, 6.07) is 36.4. The third-order valence-corrected chi connectivity index (χ3v) is 8.94. The van der Waals surface area contributed by atoms with Crippen LogP contribution in [-0.2, 0) is 43.5 Å². The Labute approximate surface area is 280 Å². The molecule has 3 aliphatic rings. The van der Waals surface area contributed by atoms with Crippen LogP contribution in [0.5, 0.6) is 0 Å². The van der Waals surface area contributed by atoms with Crippen LogP contribution in [0.25, 0.3) is 11.1 Å². The molecule has 0 spiro atoms. The van der Waals surface area contributed by atoms with E-state index in [4.69, 9.17) is 0 Å². The van der Waals surface area contributed by atoms with Crippen LogP contribution in [0.2, 0.25) is 0 Å². The van der Waals surface area contributed by atoms with Gasteiger partial charge >= 0.3 is 66.0 Å². The van der Waals surface area contributed by atoms with E-state index in [1.807, 2.05) is 15.4 Å². The van der Waals surface area contributed by atoms with Gasteiger partial charge in [0.25, 0.3) is 0 Å². The quantitative estimate of drug-likeness (QED) is 0.203. The van der Waals surface area contributed by atoms with Crippen molar-refractivity contribution in [1.82, 2.24) is 0 Å². The van der Waals surface area contributed by atoms with Gasteiger partial charge in [0.05, 0.1) is 0 Å². The fraction of sp³-hybridized carbons (Fsp3) is 0.256. The van der Waals surface area contributed by atoms with Crippen molar-refractivity contribution in [3.63, 3.8) is 0 Å². The second-order valence-electron chi connectivity index (χ2n) is 10.9. The van der Waals surface area contributed by atoms with E-state index in [-0.39, 0.29) is 24.8 Å². The Kier molecular flexibility index (Phi) is 15.0. The van der Waals surface area contributed by atoms with Crippen LogP contribution in [0.3, 0.4) is 0 Å². The Bertz CT molecular complexity index is 1350. The molecular formula is C39H38Cl2Zr-2. The molecule has 0 heterocycles. The van der Waals surface area contributed by atoms with Crippen LogP contribution in [0.15, 0.2) is 109 Å². The Morgan fingerprint density at radius 1 is 0.643 bits per heavy atom. The third kappa shape index (κ3) is 10.4. The number of hydrogen-bond donors (Lipinski definition) is 0. The van der Waals surface area contributed by atoms with Gasteiger partial charge in [-0.2, -0.15) is 35.4 Å². The molecule has 0 radical (unpaired) electrons. The van der Waals surface area contributed by atoms with Crippen LogP contribution in [0.4, 0.5) is 0 Å². The standard InChI is InChI=1S/C27H21.C7H12.C5H5.2ClH.Zr/c1-3-7-20(8-4-1)15-22-11-13-24-19-25-14-12-23(18-27(25)26(24)17-22)16-21-9-5-2-6-10-21;1-2-4-6-7-5-3-1;1-2-4-5-3-1;;;/h1-13,17-18H,15-16,19H2;1-6H2;1-3H,4H2;2*1H;/q-1;;-1;;;+2/p-2. The van der Waals surface area contributed by atoms with Gasteiger partial charge in [0.2, 0.25) is 0 Å². The normalized spacial score (nSPS) is 14.1. The predicted molar refractivity (Wildman–Crippen MR) is 166 cm³/mol. The number of benzene rings is 4. The van der Waals surface area contributed by atoms with Gasteiger partial charge in [-0.25, -0.2) is 12.2 Å². The Morgan fingerprint density at radius 3 is 1.83 bits per heavy atom. The molecule has 214 valence electrons. The molecule has 0 aromatic heterocycles. The number of halogens is 2. The summed E-state index contributed by atoms with van der Waals surface area (Å²) in [6.07, 6.45) is 21.7. The van der Waals surface area contributed by atoms with Crippen molar-refractivity contribution >= 4 is 3.21 Å². The van der Waals surface area contributed by atoms with Crippen LogP contribution < -0.4 is 24.8 Å². The van der Waals surface area contributed by atoms with E-state index in [2.05, 4.69) is 109 Å². The van der Waals surface area contributed by atoms with Crippen molar-refractivity contribution in [2.24, 2.45) is 0 Å². The summed E-state index contributed by atoms with van der Waals surface area (Å²) >= 11 is 1.69. The van der Waals surface area contributed by atoms with E-state index >= 15 is 0 Å². The van der Waals surface area contributed by atoms with Crippen molar-refractivity contribution in [2.45, 2.75) is 64.2 Å². The molecule has 1 saturated carbocycles. The van der Waals surface area contributed by atoms with Gasteiger partial charge < -0.3 is 24.8 Å². The molecule has 7 rings (SSSR count). The smallest absolute Gasteiger partial charge is 0.00259 e. The van der Waals surface area contributed by atoms with Gasteiger partial charge in [0.15, 0.2) is 0 Å². The van der Waals surface area contributed by atoms with Crippen LogP contribution in [-0.4, -0.2) is 3.21 Å². The monoisotopic (exact) mass is 666 g/mol. The molecule has 0 atom stereocenters. The molecule has 0 unspecified atom stereocenters. The van der Waals surface area contributed by atoms with Crippen LogP contribution >= 0.6 is 0 Å². The zero-order valence-corrected chi connectivity index (χ0v) is 28.2. The summed E-state index contributed by atoms with van der Waals surface area (Å²) in [6.45, 7) is 0. The Morgan fingerprint density at radius 2 is 1.26 bits per heavy atom. The van der Waals surface area contributed by atoms with Crippen LogP contribution in [0, 0.1) is 12.1 Å².